The van der Waals surface area contributed by atoms with Gasteiger partial charge in [0, 0.05) is 23.0 Å². The summed E-state index contributed by atoms with van der Waals surface area (Å²) in [6.45, 7) is 0.814. The number of carbonyl (C=O) groups is 1. The molecule has 0 aromatic heterocycles. The number of nitrogens with one attached hydrogen (secondary N) is 1. The van der Waals surface area contributed by atoms with Crippen molar-refractivity contribution in [2.75, 3.05) is 6.54 Å². The van der Waals surface area contributed by atoms with Crippen LogP contribution in [0.1, 0.15) is 50.1 Å². The monoisotopic (exact) mass is 490 g/mol. The number of likely N-dealkylation sites (tertiary alicyclic amines) is 1. The molecular weight excluding hydrogens is 464 g/mol. The summed E-state index contributed by atoms with van der Waals surface area (Å²) in [5.74, 6) is 0.221. The van der Waals surface area contributed by atoms with E-state index < -0.39 is 10.0 Å². The zero-order valence-electron chi connectivity index (χ0n) is 16.8. The predicted octanol–water partition coefficient (Wildman–Crippen LogP) is 4.65. The van der Waals surface area contributed by atoms with Crippen LogP contribution in [0.4, 0.5) is 0 Å². The van der Waals surface area contributed by atoms with E-state index in [-0.39, 0.29) is 28.8 Å². The Labute approximate surface area is 187 Å². The van der Waals surface area contributed by atoms with Crippen molar-refractivity contribution >= 4 is 31.9 Å². The third kappa shape index (κ3) is 4.79. The summed E-state index contributed by atoms with van der Waals surface area (Å²) in [6, 6.07) is 17.0. The fraction of sp³-hybridized carbons (Fsp3) is 0.435. The average Bonchev–Trinajstić information content (AvgIpc) is 3.24. The van der Waals surface area contributed by atoms with Crippen LogP contribution >= 0.6 is 15.9 Å². The van der Waals surface area contributed by atoms with E-state index in [2.05, 4.69) is 32.8 Å². The molecule has 5 nitrogen and oxygen atoms in total. The van der Waals surface area contributed by atoms with Crippen LogP contribution in [0.2, 0.25) is 0 Å². The van der Waals surface area contributed by atoms with Crippen LogP contribution in [0, 0.1) is 5.92 Å². The molecule has 1 heterocycles. The molecule has 1 aliphatic carbocycles. The van der Waals surface area contributed by atoms with Gasteiger partial charge in [-0.25, -0.2) is 13.1 Å². The lowest BCUT2D eigenvalue weighted by Gasteiger charge is -2.33. The minimum absolute atomic E-state index is 0.0113. The Balaban J connectivity index is 1.35. The maximum atomic E-state index is 13.2. The lowest BCUT2D eigenvalue weighted by molar-refractivity contribution is -0.137. The third-order valence-corrected chi connectivity index (χ3v) is 8.31. The average molecular weight is 491 g/mol. The highest BCUT2D eigenvalue weighted by Gasteiger charge is 2.36. The van der Waals surface area contributed by atoms with E-state index in [9.17, 15) is 13.2 Å². The Kier molecular flexibility index (Phi) is 6.60. The highest BCUT2D eigenvalue weighted by atomic mass is 79.9. The fourth-order valence-electron chi connectivity index (χ4n) is 4.65. The minimum atomic E-state index is -3.54. The van der Waals surface area contributed by atoms with Crippen molar-refractivity contribution < 1.29 is 13.2 Å². The first-order valence-corrected chi connectivity index (χ1v) is 12.8. The van der Waals surface area contributed by atoms with Gasteiger partial charge in [-0.1, -0.05) is 46.3 Å². The van der Waals surface area contributed by atoms with E-state index in [0.29, 0.717) is 12.8 Å². The molecule has 30 heavy (non-hydrogen) atoms. The molecule has 0 bridgehead atoms. The van der Waals surface area contributed by atoms with Crippen molar-refractivity contribution in [3.05, 3.63) is 64.6 Å². The van der Waals surface area contributed by atoms with Crippen LogP contribution in [0.5, 0.6) is 0 Å². The van der Waals surface area contributed by atoms with Crippen molar-refractivity contribution in [2.24, 2.45) is 5.92 Å². The largest absolute Gasteiger partial charge is 0.335 e. The molecule has 0 radical (unpaired) electrons. The van der Waals surface area contributed by atoms with Crippen LogP contribution in [0.3, 0.4) is 0 Å². The van der Waals surface area contributed by atoms with E-state index in [1.54, 1.807) is 24.3 Å². The van der Waals surface area contributed by atoms with Gasteiger partial charge in [0.2, 0.25) is 15.9 Å². The van der Waals surface area contributed by atoms with Crippen LogP contribution in [0.25, 0.3) is 0 Å². The Morgan fingerprint density at radius 2 is 1.60 bits per heavy atom. The quantitative estimate of drug-likeness (QED) is 0.662. The number of benzene rings is 2. The second-order valence-corrected chi connectivity index (χ2v) is 10.9. The van der Waals surface area contributed by atoms with Gasteiger partial charge in [-0.3, -0.25) is 4.79 Å². The second-order valence-electron chi connectivity index (χ2n) is 8.22. The molecule has 1 atom stereocenters. The number of hydrogen-bond acceptors (Lipinski definition) is 3. The lowest BCUT2D eigenvalue weighted by atomic mass is 9.85. The molecule has 2 fully saturated rings. The summed E-state index contributed by atoms with van der Waals surface area (Å²) < 4.78 is 28.9. The maximum Gasteiger partial charge on any atom is 0.240 e. The van der Waals surface area contributed by atoms with Crippen LogP contribution in [-0.2, 0) is 14.8 Å². The lowest BCUT2D eigenvalue weighted by Crippen LogP contribution is -2.42. The van der Waals surface area contributed by atoms with Gasteiger partial charge >= 0.3 is 0 Å². The second kappa shape index (κ2) is 9.20. The molecule has 160 valence electrons. The standard InChI is InChI=1S/C23H27BrN2O3S/c24-19-10-14-21(15-11-19)30(28,29)25-20-12-8-18(9-13-20)23(27)26-16-4-7-22(26)17-5-2-1-3-6-17/h1-3,5-6,10-11,14-15,18,20,22,25H,4,7-9,12-13,16H2/t18?,20?,22-/m1/s1. The van der Waals surface area contributed by atoms with E-state index in [0.717, 1.165) is 36.7 Å². The van der Waals surface area contributed by atoms with Crippen molar-refractivity contribution in [3.8, 4) is 0 Å². The maximum absolute atomic E-state index is 13.2. The number of hydrogen-bond donors (Lipinski definition) is 1. The summed E-state index contributed by atoms with van der Waals surface area (Å²) in [5, 5.41) is 0. The zero-order chi connectivity index (χ0) is 21.1. The summed E-state index contributed by atoms with van der Waals surface area (Å²) in [6.07, 6.45) is 4.88. The number of amides is 1. The third-order valence-electron chi connectivity index (χ3n) is 6.24. The Morgan fingerprint density at radius 3 is 2.27 bits per heavy atom. The molecule has 1 saturated carbocycles. The number of sulfonamides is 1. The number of carbonyl (C=O) groups excluding carboxylic acids is 1. The van der Waals surface area contributed by atoms with Crippen LogP contribution in [-0.4, -0.2) is 31.8 Å². The molecule has 1 N–H and O–H groups in total. The topological polar surface area (TPSA) is 66.5 Å². The van der Waals surface area contributed by atoms with Crippen LogP contribution < -0.4 is 4.72 Å². The zero-order valence-corrected chi connectivity index (χ0v) is 19.2. The first kappa shape index (κ1) is 21.5. The van der Waals surface area contributed by atoms with Gasteiger partial charge in [-0.2, -0.15) is 0 Å². The smallest absolute Gasteiger partial charge is 0.240 e. The van der Waals surface area contributed by atoms with Crippen molar-refractivity contribution in [2.45, 2.75) is 55.5 Å². The van der Waals surface area contributed by atoms with Crippen molar-refractivity contribution in [1.29, 1.82) is 0 Å². The van der Waals surface area contributed by atoms with Gasteiger partial charge in [-0.15, -0.1) is 0 Å². The highest BCUT2D eigenvalue weighted by molar-refractivity contribution is 9.10. The van der Waals surface area contributed by atoms with E-state index >= 15 is 0 Å². The molecule has 1 amide bonds. The molecule has 7 heteroatoms. The van der Waals surface area contributed by atoms with E-state index in [1.165, 1.54) is 5.56 Å². The Bertz CT molecular complexity index is 971. The van der Waals surface area contributed by atoms with Crippen molar-refractivity contribution in [3.63, 3.8) is 0 Å². The van der Waals surface area contributed by atoms with Gasteiger partial charge in [0.1, 0.15) is 0 Å². The van der Waals surface area contributed by atoms with Gasteiger partial charge in [0.05, 0.1) is 10.9 Å². The molecular formula is C23H27BrN2O3S. The summed E-state index contributed by atoms with van der Waals surface area (Å²) in [5.41, 5.74) is 1.21. The number of halogens is 1. The summed E-state index contributed by atoms with van der Waals surface area (Å²) in [7, 11) is -3.54. The SMILES string of the molecule is O=C(C1CCC(NS(=O)(=O)c2ccc(Br)cc2)CC1)N1CCC[C@@H]1c1ccccc1. The van der Waals surface area contributed by atoms with Gasteiger partial charge in [0.25, 0.3) is 0 Å². The fourth-order valence-corrected chi connectivity index (χ4v) is 6.22. The molecule has 1 aliphatic heterocycles. The predicted molar refractivity (Wildman–Crippen MR) is 120 cm³/mol. The van der Waals surface area contributed by atoms with Gasteiger partial charge in [0.15, 0.2) is 0 Å². The molecule has 4 rings (SSSR count). The first-order chi connectivity index (χ1) is 14.4. The van der Waals surface area contributed by atoms with Gasteiger partial charge in [-0.05, 0) is 68.4 Å². The van der Waals surface area contributed by atoms with Gasteiger partial charge < -0.3 is 4.90 Å². The van der Waals surface area contributed by atoms with E-state index in [1.807, 2.05) is 23.1 Å². The number of nitrogens with zero attached hydrogens (tertiary/aromatic N) is 1. The number of rotatable bonds is 5. The summed E-state index contributed by atoms with van der Waals surface area (Å²) in [4.78, 5) is 15.5. The molecule has 2 aromatic carbocycles. The van der Waals surface area contributed by atoms with Crippen molar-refractivity contribution in [1.82, 2.24) is 9.62 Å². The molecule has 2 aliphatic rings. The molecule has 2 aromatic rings. The normalized spacial score (nSPS) is 24.7. The molecule has 0 spiro atoms. The highest BCUT2D eigenvalue weighted by Crippen LogP contribution is 2.36. The summed E-state index contributed by atoms with van der Waals surface area (Å²) >= 11 is 3.33. The Hall–Kier alpha value is -1.70. The van der Waals surface area contributed by atoms with Crippen LogP contribution in [0.15, 0.2) is 64.0 Å². The first-order valence-electron chi connectivity index (χ1n) is 10.6. The minimum Gasteiger partial charge on any atom is -0.335 e. The Morgan fingerprint density at radius 1 is 0.933 bits per heavy atom. The molecule has 0 unspecified atom stereocenters. The van der Waals surface area contributed by atoms with E-state index in [4.69, 9.17) is 0 Å². The molecule has 1 saturated heterocycles.